The van der Waals surface area contributed by atoms with E-state index in [9.17, 15) is 62.7 Å². The molecule has 2 aromatic rings. The maximum Gasteiger partial charge on any atom is 0.481 e. The number of aliphatic hydroxyl groups excluding tert-OH is 2. The number of anilines is 1. The van der Waals surface area contributed by atoms with Crippen molar-refractivity contribution in [2.75, 3.05) is 37.8 Å². The fraction of sp³-hybridized carbons (Fsp3) is 0.703. The molecule has 66 heavy (non-hydrogen) atoms. The standard InChI is InChI=1S/C37H62N7O18P3S/c1-4-5-6-7-8-9-10-11-12-13-14-15-25(45)20-28(47)66-19-18-39-27(46)16-17-40-35(50)32(49)37(2,3)22-59-65(56,57)62-64(54,55)58-21-26-31(61-63(51,52)53)30(48)36(60-26)44-24-43-29-33(38)41-23-42-34(29)44/h12-13,23-24,26,30-32,36,48-49H,4-11,14-22H2,1-3H3,(H,39,46)(H,40,50)(H,54,55)(H,56,57)(H2,38,41,42)(H2,51,52,53)/b13-12-/t26-,30-,31-,32+,36-/m1/s1. The lowest BCUT2D eigenvalue weighted by atomic mass is 9.87. The van der Waals surface area contributed by atoms with Crippen LogP contribution in [-0.2, 0) is 55.5 Å². The summed E-state index contributed by atoms with van der Waals surface area (Å²) in [5.74, 6) is -1.47. The summed E-state index contributed by atoms with van der Waals surface area (Å²) in [6.07, 6.45) is 7.28. The van der Waals surface area contributed by atoms with Gasteiger partial charge in [0.1, 0.15) is 42.0 Å². The van der Waals surface area contributed by atoms with E-state index in [1.165, 1.54) is 52.4 Å². The van der Waals surface area contributed by atoms with Gasteiger partial charge in [0.15, 0.2) is 22.8 Å². The van der Waals surface area contributed by atoms with Crippen LogP contribution in [-0.4, -0.2) is 128 Å². The zero-order valence-electron chi connectivity index (χ0n) is 36.9. The van der Waals surface area contributed by atoms with Gasteiger partial charge in [0, 0.05) is 37.1 Å². The predicted octanol–water partition coefficient (Wildman–Crippen LogP) is 3.10. The number of fused-ring (bicyclic) bond motifs is 1. The number of aromatic nitrogens is 4. The zero-order chi connectivity index (χ0) is 49.1. The highest BCUT2D eigenvalue weighted by Crippen LogP contribution is 2.61. The number of ether oxygens (including phenoxy) is 1. The van der Waals surface area contributed by atoms with Crippen LogP contribution in [0.5, 0.6) is 0 Å². The fourth-order valence-corrected chi connectivity index (χ4v) is 9.82. The average Bonchev–Trinajstić information content (AvgIpc) is 3.79. The Morgan fingerprint density at radius 2 is 1.61 bits per heavy atom. The number of nitrogens with one attached hydrogen (secondary N) is 2. The molecule has 3 heterocycles. The number of aliphatic hydroxyl groups is 2. The number of carbonyl (C=O) groups is 4. The van der Waals surface area contributed by atoms with Crippen molar-refractivity contribution in [2.45, 2.75) is 128 Å². The number of hydrogen-bond donors (Lipinski definition) is 9. The number of rotatable bonds is 32. The van der Waals surface area contributed by atoms with Crippen molar-refractivity contribution in [3.05, 3.63) is 24.8 Å². The highest BCUT2D eigenvalue weighted by Gasteiger charge is 2.50. The molecule has 0 aliphatic carbocycles. The van der Waals surface area contributed by atoms with Gasteiger partial charge in [-0.1, -0.05) is 83.2 Å². The molecule has 1 fully saturated rings. The van der Waals surface area contributed by atoms with Crippen LogP contribution in [0.15, 0.2) is 24.8 Å². The van der Waals surface area contributed by atoms with Gasteiger partial charge in [0.25, 0.3) is 0 Å². The van der Waals surface area contributed by atoms with Crippen molar-refractivity contribution in [3.63, 3.8) is 0 Å². The number of nitrogens with two attached hydrogens (primary N) is 1. The average molecular weight is 1020 g/mol. The van der Waals surface area contributed by atoms with E-state index in [0.717, 1.165) is 41.8 Å². The molecule has 1 saturated heterocycles. The Morgan fingerprint density at radius 1 is 0.939 bits per heavy atom. The van der Waals surface area contributed by atoms with E-state index in [2.05, 4.69) is 47.4 Å². The zero-order valence-corrected chi connectivity index (χ0v) is 40.4. The van der Waals surface area contributed by atoms with E-state index < -0.39 is 84.6 Å². The lowest BCUT2D eigenvalue weighted by Gasteiger charge is -2.30. The molecule has 0 spiro atoms. The van der Waals surface area contributed by atoms with Crippen molar-refractivity contribution in [1.29, 1.82) is 0 Å². The first-order valence-corrected chi connectivity index (χ1v) is 26.7. The van der Waals surface area contributed by atoms with E-state index in [1.807, 2.05) is 6.08 Å². The minimum absolute atomic E-state index is 0.0251. The van der Waals surface area contributed by atoms with Crippen molar-refractivity contribution in [1.82, 2.24) is 30.2 Å². The Hall–Kier alpha value is -3.03. The lowest BCUT2D eigenvalue weighted by Crippen LogP contribution is -2.46. The first-order chi connectivity index (χ1) is 30.9. The second kappa shape index (κ2) is 27.2. The Morgan fingerprint density at radius 3 is 2.30 bits per heavy atom. The molecule has 0 radical (unpaired) electrons. The number of unbranched alkanes of at least 4 members (excludes halogenated alkanes) is 7. The minimum Gasteiger partial charge on any atom is -0.386 e. The predicted molar refractivity (Wildman–Crippen MR) is 238 cm³/mol. The molecule has 3 rings (SSSR count). The maximum atomic E-state index is 12.7. The summed E-state index contributed by atoms with van der Waals surface area (Å²) in [4.78, 5) is 100. The van der Waals surface area contributed by atoms with Crippen molar-refractivity contribution in [2.24, 2.45) is 5.41 Å². The minimum atomic E-state index is -5.59. The number of Topliss-reactive ketones (excluding diaryl/α,β-unsaturated/α-hetero) is 1. The van der Waals surface area contributed by atoms with Gasteiger partial charge in [-0.2, -0.15) is 4.31 Å². The first-order valence-electron chi connectivity index (χ1n) is 21.2. The SMILES string of the molecule is CCCCCCCCC/C=C\CCC(=O)CC(=O)SCCNC(=O)CCNC(=O)[C@H](O)C(C)(C)COP(=O)(O)OP(=O)(O)OC[C@H]1O[C@@H](n2cnc3c(N)ncnc32)[C@H](O)[C@@H]1OP(=O)(O)O. The molecular weight excluding hydrogens is 955 g/mol. The molecule has 7 atom stereocenters. The number of nitrogens with zero attached hydrogens (tertiary/aromatic N) is 4. The van der Waals surface area contributed by atoms with E-state index in [4.69, 9.17) is 19.5 Å². The summed E-state index contributed by atoms with van der Waals surface area (Å²) in [7, 11) is -16.4. The van der Waals surface area contributed by atoms with Gasteiger partial charge in [0.05, 0.1) is 26.0 Å². The quantitative estimate of drug-likeness (QED) is 0.0220. The Bertz CT molecular complexity index is 2090. The van der Waals surface area contributed by atoms with Crippen LogP contribution in [0.2, 0.25) is 0 Å². The van der Waals surface area contributed by atoms with Crippen LogP contribution in [0.3, 0.4) is 0 Å². The number of nitrogen functional groups attached to an aromatic ring is 1. The summed E-state index contributed by atoms with van der Waals surface area (Å²) >= 11 is 0.919. The smallest absolute Gasteiger partial charge is 0.386 e. The van der Waals surface area contributed by atoms with Gasteiger partial charge >= 0.3 is 23.5 Å². The van der Waals surface area contributed by atoms with Gasteiger partial charge in [-0.25, -0.2) is 28.6 Å². The summed E-state index contributed by atoms with van der Waals surface area (Å²) in [5.41, 5.74) is 4.24. The largest absolute Gasteiger partial charge is 0.481 e. The number of allylic oxidation sites excluding steroid dienone is 2. The molecule has 2 amide bonds. The summed E-state index contributed by atoms with van der Waals surface area (Å²) < 4.78 is 62.3. The normalized spacial score (nSPS) is 20.3. The Balaban J connectivity index is 1.35. The van der Waals surface area contributed by atoms with Crippen LogP contribution in [0.1, 0.15) is 104 Å². The van der Waals surface area contributed by atoms with E-state index >= 15 is 0 Å². The highest BCUT2D eigenvalue weighted by molar-refractivity contribution is 8.13. The maximum absolute atomic E-state index is 12.7. The molecular formula is C37H62N7O18P3S. The van der Waals surface area contributed by atoms with Crippen LogP contribution < -0.4 is 16.4 Å². The molecule has 2 aromatic heterocycles. The lowest BCUT2D eigenvalue weighted by molar-refractivity contribution is -0.137. The van der Waals surface area contributed by atoms with Gasteiger partial charge in [0.2, 0.25) is 11.8 Å². The van der Waals surface area contributed by atoms with Gasteiger partial charge in [-0.05, 0) is 19.3 Å². The second-order valence-corrected chi connectivity index (χ2v) is 21.3. The fourth-order valence-electron chi connectivity index (χ4n) is 6.29. The van der Waals surface area contributed by atoms with Gasteiger partial charge in [-0.3, -0.25) is 37.3 Å². The monoisotopic (exact) mass is 1020 g/mol. The number of thioether (sulfide) groups is 1. The molecule has 25 nitrogen and oxygen atoms in total. The number of phosphoric ester groups is 3. The van der Waals surface area contributed by atoms with Crippen LogP contribution in [0.4, 0.5) is 5.82 Å². The second-order valence-electron chi connectivity index (χ2n) is 15.9. The van der Waals surface area contributed by atoms with Crippen LogP contribution in [0.25, 0.3) is 11.2 Å². The number of hydrogen-bond acceptors (Lipinski definition) is 19. The van der Waals surface area contributed by atoms with E-state index in [0.29, 0.717) is 6.42 Å². The molecule has 2 unspecified atom stereocenters. The van der Waals surface area contributed by atoms with E-state index in [-0.39, 0.29) is 66.0 Å². The molecule has 1 aliphatic heterocycles. The molecule has 29 heteroatoms. The summed E-state index contributed by atoms with van der Waals surface area (Å²) in [6.45, 7) is 2.51. The number of amides is 2. The molecule has 0 saturated carbocycles. The molecule has 0 bridgehead atoms. The molecule has 374 valence electrons. The van der Waals surface area contributed by atoms with Crippen LogP contribution in [0, 0.1) is 5.41 Å². The Labute approximate surface area is 385 Å². The van der Waals surface area contributed by atoms with E-state index in [1.54, 1.807) is 0 Å². The molecule has 0 aromatic carbocycles. The highest BCUT2D eigenvalue weighted by atomic mass is 32.2. The number of carbonyl (C=O) groups excluding carboxylic acids is 4. The Kier molecular flexibility index (Phi) is 23.6. The topological polar surface area (TPSA) is 381 Å². The van der Waals surface area contributed by atoms with Gasteiger partial charge < -0.3 is 50.9 Å². The van der Waals surface area contributed by atoms with Crippen molar-refractivity contribution >= 4 is 74.9 Å². The number of ketones is 1. The number of imidazole rings is 1. The third kappa shape index (κ3) is 20.3. The summed E-state index contributed by atoms with van der Waals surface area (Å²) in [6, 6.07) is 0. The third-order valence-electron chi connectivity index (χ3n) is 9.84. The number of phosphoric acid groups is 3. The van der Waals surface area contributed by atoms with Crippen molar-refractivity contribution < 1.29 is 85.3 Å². The van der Waals surface area contributed by atoms with Crippen molar-refractivity contribution in [3.8, 4) is 0 Å². The summed E-state index contributed by atoms with van der Waals surface area (Å²) in [5, 5.41) is 26.1. The third-order valence-corrected chi connectivity index (χ3v) is 13.8. The van der Waals surface area contributed by atoms with Crippen LogP contribution >= 0.6 is 35.2 Å². The van der Waals surface area contributed by atoms with Gasteiger partial charge in [-0.15, -0.1) is 0 Å². The molecule has 1 aliphatic rings. The first kappa shape index (κ1) is 57.3. The molecule has 10 N–H and O–H groups in total.